The van der Waals surface area contributed by atoms with Crippen molar-refractivity contribution in [2.24, 2.45) is 22.9 Å². The molecule has 0 radical (unpaired) electrons. The highest BCUT2D eigenvalue weighted by molar-refractivity contribution is 9.10. The van der Waals surface area contributed by atoms with E-state index in [1.165, 1.54) is 38.5 Å². The van der Waals surface area contributed by atoms with Crippen LogP contribution in [0.1, 0.15) is 67.2 Å². The zero-order valence-electron chi connectivity index (χ0n) is 16.0. The number of carbonyl (C=O) groups excluding carboxylic acids is 1. The van der Waals surface area contributed by atoms with Gasteiger partial charge in [0.2, 0.25) is 0 Å². The van der Waals surface area contributed by atoms with Gasteiger partial charge in [-0.05, 0) is 87.0 Å². The lowest BCUT2D eigenvalue weighted by molar-refractivity contribution is -0.00721. The van der Waals surface area contributed by atoms with Gasteiger partial charge < -0.3 is 0 Å². The van der Waals surface area contributed by atoms with Gasteiger partial charge in [-0.15, -0.1) is 0 Å². The highest BCUT2D eigenvalue weighted by Crippen LogP contribution is 2.60. The van der Waals surface area contributed by atoms with E-state index in [1.54, 1.807) is 0 Å². The summed E-state index contributed by atoms with van der Waals surface area (Å²) < 4.78 is 1.02. The lowest BCUT2D eigenvalue weighted by atomic mass is 9.49. The Kier molecular flexibility index (Phi) is 4.42. The van der Waals surface area contributed by atoms with Gasteiger partial charge in [0.1, 0.15) is 0 Å². The fourth-order valence-corrected chi connectivity index (χ4v) is 6.36. The normalized spacial score (nSPS) is 31.2. The number of aromatic nitrogens is 2. The quantitative estimate of drug-likeness (QED) is 0.529. The molecule has 28 heavy (non-hydrogen) atoms. The van der Waals surface area contributed by atoms with E-state index >= 15 is 0 Å². The molecule has 5 nitrogen and oxygen atoms in total. The van der Waals surface area contributed by atoms with E-state index in [-0.39, 0.29) is 11.3 Å². The molecular weight excluding hydrogens is 416 g/mol. The second-order valence-electron chi connectivity index (χ2n) is 9.01. The van der Waals surface area contributed by atoms with Gasteiger partial charge in [0.15, 0.2) is 5.69 Å². The minimum Gasteiger partial charge on any atom is -0.281 e. The molecule has 1 amide bonds. The molecule has 4 aliphatic rings. The first-order valence-electron chi connectivity index (χ1n) is 10.2. The first-order chi connectivity index (χ1) is 13.5. The Labute approximate surface area is 173 Å². The average Bonchev–Trinajstić information content (AvgIpc) is 3.16. The fourth-order valence-electron chi connectivity index (χ4n) is 6.10. The van der Waals surface area contributed by atoms with Crippen molar-refractivity contribution >= 4 is 27.5 Å². The number of nitrogens with zero attached hydrogens (tertiary/aromatic N) is 2. The molecule has 1 aromatic carbocycles. The van der Waals surface area contributed by atoms with Crippen LogP contribution in [0.5, 0.6) is 0 Å². The molecule has 1 aromatic heterocycles. The van der Waals surface area contributed by atoms with Crippen molar-refractivity contribution in [1.82, 2.24) is 15.6 Å². The third-order valence-electron chi connectivity index (χ3n) is 7.01. The van der Waals surface area contributed by atoms with Gasteiger partial charge in [-0.1, -0.05) is 28.1 Å². The maximum atomic E-state index is 12.6. The Balaban J connectivity index is 1.30. The van der Waals surface area contributed by atoms with Gasteiger partial charge >= 0.3 is 0 Å². The van der Waals surface area contributed by atoms with Crippen molar-refractivity contribution in [2.75, 3.05) is 0 Å². The number of carbonyl (C=O) groups is 1. The van der Waals surface area contributed by atoms with Crippen LogP contribution in [0.15, 0.2) is 39.9 Å². The minimum atomic E-state index is -0.260. The van der Waals surface area contributed by atoms with Gasteiger partial charge in [0, 0.05) is 15.6 Å². The van der Waals surface area contributed by atoms with Crippen molar-refractivity contribution in [1.29, 1.82) is 0 Å². The molecular formula is C22H25BrN4O. The number of hydrogen-bond acceptors (Lipinski definition) is 3. The van der Waals surface area contributed by atoms with Crippen molar-refractivity contribution in [2.45, 2.75) is 50.9 Å². The molecule has 0 spiro atoms. The molecule has 4 bridgehead atoms. The molecule has 0 atom stereocenters. The topological polar surface area (TPSA) is 70.1 Å². The molecule has 2 N–H and O–H groups in total. The number of halogens is 1. The number of rotatable bonds is 4. The van der Waals surface area contributed by atoms with Crippen LogP contribution in [0.4, 0.5) is 0 Å². The maximum Gasteiger partial charge on any atom is 0.291 e. The molecule has 0 unspecified atom stereocenters. The second kappa shape index (κ2) is 6.83. The molecule has 0 aliphatic heterocycles. The summed E-state index contributed by atoms with van der Waals surface area (Å²) in [6, 6.07) is 9.82. The largest absolute Gasteiger partial charge is 0.291 e. The molecule has 0 saturated heterocycles. The Morgan fingerprint density at radius 3 is 2.36 bits per heavy atom. The second-order valence-corrected chi connectivity index (χ2v) is 9.93. The summed E-state index contributed by atoms with van der Waals surface area (Å²) in [7, 11) is 0. The van der Waals surface area contributed by atoms with Crippen molar-refractivity contribution in [3.8, 4) is 0 Å². The van der Waals surface area contributed by atoms with E-state index in [0.717, 1.165) is 39.2 Å². The molecule has 146 valence electrons. The predicted molar refractivity (Wildman–Crippen MR) is 112 cm³/mol. The van der Waals surface area contributed by atoms with E-state index in [4.69, 9.17) is 0 Å². The van der Waals surface area contributed by atoms with E-state index in [9.17, 15) is 4.79 Å². The minimum absolute atomic E-state index is 0.219. The Morgan fingerprint density at radius 1 is 1.14 bits per heavy atom. The molecule has 2 aromatic rings. The SMILES string of the molecule is C/C(=N/NC(=O)c1cc(C23CC4CC(CC(C4)C2)C3)[nH]n1)c1ccc(Br)cc1. The fraction of sp³-hybridized carbons (Fsp3) is 0.500. The maximum absolute atomic E-state index is 12.6. The van der Waals surface area contributed by atoms with Crippen LogP contribution in [0.2, 0.25) is 0 Å². The number of nitrogens with one attached hydrogen (secondary N) is 2. The number of hydrogen-bond donors (Lipinski definition) is 2. The van der Waals surface area contributed by atoms with Crippen molar-refractivity contribution in [3.05, 3.63) is 51.8 Å². The van der Waals surface area contributed by atoms with E-state index in [1.807, 2.05) is 37.3 Å². The van der Waals surface area contributed by atoms with Gasteiger partial charge in [-0.25, -0.2) is 5.43 Å². The zero-order valence-corrected chi connectivity index (χ0v) is 17.6. The third kappa shape index (κ3) is 3.21. The molecule has 4 aliphatic carbocycles. The van der Waals surface area contributed by atoms with Crippen LogP contribution in [-0.2, 0) is 5.41 Å². The number of amides is 1. The highest BCUT2D eigenvalue weighted by Gasteiger charge is 2.52. The Hall–Kier alpha value is -1.95. The number of hydrazone groups is 1. The lowest BCUT2D eigenvalue weighted by Gasteiger charge is -2.56. The van der Waals surface area contributed by atoms with Crippen LogP contribution in [0.25, 0.3) is 0 Å². The molecule has 4 fully saturated rings. The Bertz CT molecular complexity index is 895. The monoisotopic (exact) mass is 440 g/mol. The number of benzene rings is 1. The lowest BCUT2D eigenvalue weighted by Crippen LogP contribution is -2.48. The molecule has 4 saturated carbocycles. The smallest absolute Gasteiger partial charge is 0.281 e. The van der Waals surface area contributed by atoms with E-state index in [2.05, 4.69) is 36.7 Å². The standard InChI is InChI=1S/C22H25BrN4O/c1-13(17-2-4-18(23)5-3-17)24-27-21(28)19-9-20(26-25-19)22-10-14-6-15(11-22)8-16(7-14)12-22/h2-5,9,14-16H,6-8,10-12H2,1H3,(H,25,26)(H,27,28)/b24-13-. The Morgan fingerprint density at radius 2 is 1.75 bits per heavy atom. The van der Waals surface area contributed by atoms with Crippen molar-refractivity contribution < 1.29 is 4.79 Å². The van der Waals surface area contributed by atoms with E-state index < -0.39 is 0 Å². The molecule has 6 heteroatoms. The summed E-state index contributed by atoms with van der Waals surface area (Å²) in [6.07, 6.45) is 7.98. The first-order valence-corrected chi connectivity index (χ1v) is 11.0. The first kappa shape index (κ1) is 18.1. The summed E-state index contributed by atoms with van der Waals surface area (Å²) >= 11 is 3.43. The summed E-state index contributed by atoms with van der Waals surface area (Å²) in [5.74, 6) is 2.34. The summed E-state index contributed by atoms with van der Waals surface area (Å²) in [6.45, 7) is 1.88. The number of aromatic amines is 1. The highest BCUT2D eigenvalue weighted by atomic mass is 79.9. The zero-order chi connectivity index (χ0) is 19.3. The number of H-pyrrole nitrogens is 1. The van der Waals surface area contributed by atoms with Gasteiger partial charge in [0.25, 0.3) is 5.91 Å². The van der Waals surface area contributed by atoms with Gasteiger partial charge in [-0.3, -0.25) is 9.89 Å². The van der Waals surface area contributed by atoms with Gasteiger partial charge in [-0.2, -0.15) is 10.2 Å². The summed E-state index contributed by atoms with van der Waals surface area (Å²) in [4.78, 5) is 12.6. The molecule has 1 heterocycles. The predicted octanol–water partition coefficient (Wildman–Crippen LogP) is 4.79. The van der Waals surface area contributed by atoms with Crippen LogP contribution >= 0.6 is 15.9 Å². The van der Waals surface area contributed by atoms with E-state index in [0.29, 0.717) is 5.69 Å². The van der Waals surface area contributed by atoms with Crippen LogP contribution in [-0.4, -0.2) is 21.8 Å². The third-order valence-corrected chi connectivity index (χ3v) is 7.54. The van der Waals surface area contributed by atoms with Crippen LogP contribution in [0.3, 0.4) is 0 Å². The summed E-state index contributed by atoms with van der Waals surface area (Å²) in [5, 5.41) is 11.8. The average molecular weight is 441 g/mol. The molecule has 6 rings (SSSR count). The van der Waals surface area contributed by atoms with Crippen LogP contribution < -0.4 is 5.43 Å². The van der Waals surface area contributed by atoms with Gasteiger partial charge in [0.05, 0.1) is 5.71 Å². The van der Waals surface area contributed by atoms with Crippen molar-refractivity contribution in [3.63, 3.8) is 0 Å². The van der Waals surface area contributed by atoms with Crippen LogP contribution in [0, 0.1) is 17.8 Å². The summed E-state index contributed by atoms with van der Waals surface area (Å²) in [5.41, 5.74) is 6.19.